The Bertz CT molecular complexity index is 827. The number of nitrogens with one attached hydrogen (secondary N) is 1. The van der Waals surface area contributed by atoms with Crippen LogP contribution in [-0.2, 0) is 13.5 Å². The van der Waals surface area contributed by atoms with E-state index in [1.807, 2.05) is 53.4 Å². The summed E-state index contributed by atoms with van der Waals surface area (Å²) in [5.74, 6) is -0.0284. The quantitative estimate of drug-likeness (QED) is 0.768. The summed E-state index contributed by atoms with van der Waals surface area (Å²) in [6, 6.07) is 13.8. The number of benzene rings is 1. The highest BCUT2D eigenvalue weighted by atomic mass is 16.1. The fraction of sp³-hybridized carbons (Fsp3) is 0.250. The van der Waals surface area contributed by atoms with Crippen molar-refractivity contribution < 1.29 is 4.79 Å². The van der Waals surface area contributed by atoms with Crippen molar-refractivity contribution >= 4 is 5.91 Å². The van der Waals surface area contributed by atoms with Crippen molar-refractivity contribution in [3.05, 3.63) is 77.4 Å². The average Bonchev–Trinajstić information content (AvgIpc) is 3.21. The van der Waals surface area contributed by atoms with E-state index in [0.717, 1.165) is 12.1 Å². The summed E-state index contributed by atoms with van der Waals surface area (Å²) in [6.45, 7) is 4.86. The molecule has 0 aliphatic rings. The minimum absolute atomic E-state index is 0.0284. The van der Waals surface area contributed by atoms with Gasteiger partial charge in [0.1, 0.15) is 0 Å². The third kappa shape index (κ3) is 3.27. The van der Waals surface area contributed by atoms with Gasteiger partial charge >= 0.3 is 0 Å². The highest BCUT2D eigenvalue weighted by Crippen LogP contribution is 2.14. The molecule has 1 amide bonds. The fourth-order valence-electron chi connectivity index (χ4n) is 2.89. The number of aryl methyl sites for hydroxylation is 1. The summed E-state index contributed by atoms with van der Waals surface area (Å²) in [5.41, 5.74) is 5.53. The molecule has 24 heavy (non-hydrogen) atoms. The molecule has 4 nitrogen and oxygen atoms in total. The number of amides is 1. The summed E-state index contributed by atoms with van der Waals surface area (Å²) in [7, 11) is 2.07. The van der Waals surface area contributed by atoms with Gasteiger partial charge in [-0.3, -0.25) is 4.79 Å². The molecule has 0 atom stereocenters. The zero-order valence-electron chi connectivity index (χ0n) is 14.4. The van der Waals surface area contributed by atoms with Crippen LogP contribution in [0.3, 0.4) is 0 Å². The zero-order chi connectivity index (χ0) is 17.1. The SMILES string of the molecule is Cc1cc(CCNC(=O)c2ccc(-n3cccc3)cc2)c(C)n1C. The molecule has 0 aliphatic heterocycles. The number of hydrogen-bond acceptors (Lipinski definition) is 1. The highest BCUT2D eigenvalue weighted by molar-refractivity contribution is 5.94. The van der Waals surface area contributed by atoms with Crippen molar-refractivity contribution in [2.24, 2.45) is 7.05 Å². The van der Waals surface area contributed by atoms with Crippen LogP contribution in [0.1, 0.15) is 27.3 Å². The number of carbonyl (C=O) groups is 1. The van der Waals surface area contributed by atoms with E-state index >= 15 is 0 Å². The predicted octanol–water partition coefficient (Wildman–Crippen LogP) is 3.41. The molecule has 2 aromatic heterocycles. The van der Waals surface area contributed by atoms with Crippen molar-refractivity contribution in [1.82, 2.24) is 14.5 Å². The molecule has 0 saturated carbocycles. The van der Waals surface area contributed by atoms with Crippen LogP contribution >= 0.6 is 0 Å². The van der Waals surface area contributed by atoms with Crippen LogP contribution in [0.25, 0.3) is 5.69 Å². The molecule has 0 bridgehead atoms. The first-order valence-electron chi connectivity index (χ1n) is 8.19. The maximum absolute atomic E-state index is 12.3. The molecule has 0 radical (unpaired) electrons. The smallest absolute Gasteiger partial charge is 0.251 e. The Labute approximate surface area is 142 Å². The average molecular weight is 321 g/mol. The summed E-state index contributed by atoms with van der Waals surface area (Å²) in [5, 5.41) is 3.00. The molecule has 3 rings (SSSR count). The van der Waals surface area contributed by atoms with Crippen LogP contribution in [0, 0.1) is 13.8 Å². The molecule has 124 valence electrons. The molecule has 0 fully saturated rings. The Kier molecular flexibility index (Phi) is 4.56. The normalized spacial score (nSPS) is 10.8. The number of carbonyl (C=O) groups excluding carboxylic acids is 1. The lowest BCUT2D eigenvalue weighted by Crippen LogP contribution is -2.25. The second-order valence-electron chi connectivity index (χ2n) is 6.10. The molecular weight excluding hydrogens is 298 g/mol. The summed E-state index contributed by atoms with van der Waals surface area (Å²) in [6.07, 6.45) is 4.82. The first-order chi connectivity index (χ1) is 11.6. The van der Waals surface area contributed by atoms with Gasteiger partial charge in [-0.05, 0) is 68.3 Å². The molecule has 4 heteroatoms. The van der Waals surface area contributed by atoms with Gasteiger partial charge in [0.05, 0.1) is 0 Å². The van der Waals surface area contributed by atoms with E-state index in [2.05, 4.69) is 36.8 Å². The lowest BCUT2D eigenvalue weighted by molar-refractivity contribution is 0.0954. The Morgan fingerprint density at radius 3 is 2.33 bits per heavy atom. The van der Waals surface area contributed by atoms with Gasteiger partial charge in [0.15, 0.2) is 0 Å². The van der Waals surface area contributed by atoms with Crippen LogP contribution < -0.4 is 5.32 Å². The zero-order valence-corrected chi connectivity index (χ0v) is 14.4. The molecule has 0 unspecified atom stereocenters. The Morgan fingerprint density at radius 1 is 1.08 bits per heavy atom. The van der Waals surface area contributed by atoms with Gasteiger partial charge in [-0.1, -0.05) is 0 Å². The lowest BCUT2D eigenvalue weighted by atomic mass is 10.1. The van der Waals surface area contributed by atoms with E-state index in [4.69, 9.17) is 0 Å². The van der Waals surface area contributed by atoms with Gasteiger partial charge in [0.25, 0.3) is 5.91 Å². The maximum Gasteiger partial charge on any atom is 0.251 e. The first-order valence-corrected chi connectivity index (χ1v) is 8.19. The summed E-state index contributed by atoms with van der Waals surface area (Å²) in [4.78, 5) is 12.3. The third-order valence-electron chi connectivity index (χ3n) is 4.59. The van der Waals surface area contributed by atoms with Gasteiger partial charge in [-0.15, -0.1) is 0 Å². The molecule has 0 aliphatic carbocycles. The topological polar surface area (TPSA) is 39.0 Å². The molecule has 1 aromatic carbocycles. The van der Waals surface area contributed by atoms with E-state index in [1.165, 1.54) is 17.0 Å². The van der Waals surface area contributed by atoms with Gasteiger partial charge in [-0.2, -0.15) is 0 Å². The van der Waals surface area contributed by atoms with Crippen LogP contribution in [0.4, 0.5) is 0 Å². The van der Waals surface area contributed by atoms with Crippen LogP contribution in [0.5, 0.6) is 0 Å². The third-order valence-corrected chi connectivity index (χ3v) is 4.59. The van der Waals surface area contributed by atoms with Crippen molar-refractivity contribution in [3.63, 3.8) is 0 Å². The summed E-state index contributed by atoms with van der Waals surface area (Å²) < 4.78 is 4.19. The van der Waals surface area contributed by atoms with Crippen LogP contribution in [0.15, 0.2) is 54.9 Å². The second-order valence-corrected chi connectivity index (χ2v) is 6.10. The maximum atomic E-state index is 12.3. The molecule has 1 N–H and O–H groups in total. The molecular formula is C20H23N3O. The summed E-state index contributed by atoms with van der Waals surface area (Å²) >= 11 is 0. The molecule has 0 saturated heterocycles. The monoisotopic (exact) mass is 321 g/mol. The van der Waals surface area contributed by atoms with Gasteiger partial charge < -0.3 is 14.5 Å². The van der Waals surface area contributed by atoms with Crippen molar-refractivity contribution in [2.75, 3.05) is 6.54 Å². The second kappa shape index (κ2) is 6.79. The first kappa shape index (κ1) is 16.1. The minimum Gasteiger partial charge on any atom is -0.352 e. The van der Waals surface area contributed by atoms with E-state index in [0.29, 0.717) is 12.1 Å². The fourth-order valence-corrected chi connectivity index (χ4v) is 2.89. The highest BCUT2D eigenvalue weighted by Gasteiger charge is 2.08. The van der Waals surface area contributed by atoms with Crippen molar-refractivity contribution in [2.45, 2.75) is 20.3 Å². The molecule has 0 spiro atoms. The number of aromatic nitrogens is 2. The number of rotatable bonds is 5. The van der Waals surface area contributed by atoms with Gasteiger partial charge in [0.2, 0.25) is 0 Å². The van der Waals surface area contributed by atoms with Crippen LogP contribution in [0.2, 0.25) is 0 Å². The Balaban J connectivity index is 1.58. The van der Waals surface area contributed by atoms with E-state index in [-0.39, 0.29) is 5.91 Å². The number of nitrogens with zero attached hydrogens (tertiary/aromatic N) is 2. The van der Waals surface area contributed by atoms with Crippen molar-refractivity contribution in [3.8, 4) is 5.69 Å². The molecule has 2 heterocycles. The number of hydrogen-bond donors (Lipinski definition) is 1. The van der Waals surface area contributed by atoms with E-state index in [1.54, 1.807) is 0 Å². The minimum atomic E-state index is -0.0284. The predicted molar refractivity (Wildman–Crippen MR) is 96.7 cm³/mol. The van der Waals surface area contributed by atoms with E-state index < -0.39 is 0 Å². The van der Waals surface area contributed by atoms with Crippen molar-refractivity contribution in [1.29, 1.82) is 0 Å². The Hall–Kier alpha value is -2.75. The van der Waals surface area contributed by atoms with Crippen LogP contribution in [-0.4, -0.2) is 21.6 Å². The van der Waals surface area contributed by atoms with E-state index in [9.17, 15) is 4.79 Å². The van der Waals surface area contributed by atoms with Gasteiger partial charge in [0, 0.05) is 48.6 Å². The standard InChI is InChI=1S/C20H23N3O/c1-15-14-18(16(2)22(15)3)10-11-21-20(24)17-6-8-19(9-7-17)23-12-4-5-13-23/h4-9,12-14H,10-11H2,1-3H3,(H,21,24). The lowest BCUT2D eigenvalue weighted by Gasteiger charge is -2.07. The largest absolute Gasteiger partial charge is 0.352 e. The molecule has 3 aromatic rings. The Morgan fingerprint density at radius 2 is 1.75 bits per heavy atom. The van der Waals surface area contributed by atoms with Gasteiger partial charge in [-0.25, -0.2) is 0 Å².